The second-order valence-corrected chi connectivity index (χ2v) is 10.7. The zero-order valence-electron chi connectivity index (χ0n) is 25.1. The van der Waals surface area contributed by atoms with Gasteiger partial charge in [-0.05, 0) is 51.3 Å². The molecular formula is C30H39FN4O7. The number of benzene rings is 1. The van der Waals surface area contributed by atoms with Crippen LogP contribution in [0.2, 0.25) is 0 Å². The van der Waals surface area contributed by atoms with Crippen LogP contribution in [-0.2, 0) is 19.2 Å². The number of nitrogens with zero attached hydrogens (tertiary/aromatic N) is 3. The van der Waals surface area contributed by atoms with Gasteiger partial charge in [-0.3, -0.25) is 23.5 Å². The Morgan fingerprint density at radius 3 is 2.48 bits per heavy atom. The fraction of sp³-hybridized carbons (Fsp3) is 0.500. The Kier molecular flexibility index (Phi) is 10.8. The Bertz CT molecular complexity index is 1490. The number of esters is 1. The van der Waals surface area contributed by atoms with Crippen molar-refractivity contribution < 1.29 is 28.3 Å². The zero-order chi connectivity index (χ0) is 31.1. The van der Waals surface area contributed by atoms with Crippen molar-refractivity contribution in [2.75, 3.05) is 13.7 Å². The van der Waals surface area contributed by atoms with Gasteiger partial charge in [-0.1, -0.05) is 32.9 Å². The maximum atomic E-state index is 14.4. The van der Waals surface area contributed by atoms with E-state index in [9.17, 15) is 23.6 Å². The lowest BCUT2D eigenvalue weighted by molar-refractivity contribution is -0.140. The third kappa shape index (κ3) is 7.34. The quantitative estimate of drug-likeness (QED) is 0.183. The normalized spacial score (nSPS) is 17.5. The molecule has 1 aromatic heterocycles. The number of aromatic nitrogens is 2. The second kappa shape index (κ2) is 14.1. The van der Waals surface area contributed by atoms with Crippen molar-refractivity contribution >= 4 is 29.5 Å². The third-order valence-corrected chi connectivity index (χ3v) is 6.89. The molecule has 2 aromatic rings. The molecule has 0 saturated heterocycles. The Hall–Kier alpha value is -4.22. The van der Waals surface area contributed by atoms with E-state index in [-0.39, 0.29) is 46.8 Å². The highest BCUT2D eigenvalue weighted by Crippen LogP contribution is 2.30. The Morgan fingerprint density at radius 1 is 1.14 bits per heavy atom. The van der Waals surface area contributed by atoms with E-state index < -0.39 is 41.0 Å². The zero-order valence-corrected chi connectivity index (χ0v) is 25.1. The van der Waals surface area contributed by atoms with Gasteiger partial charge >= 0.3 is 11.7 Å². The molecule has 1 N–H and O–H groups in total. The molecule has 228 valence electrons. The first-order chi connectivity index (χ1) is 19.9. The van der Waals surface area contributed by atoms with E-state index in [1.54, 1.807) is 41.5 Å². The summed E-state index contributed by atoms with van der Waals surface area (Å²) in [6.45, 7) is 10.3. The van der Waals surface area contributed by atoms with Crippen LogP contribution < -0.4 is 21.3 Å². The summed E-state index contributed by atoms with van der Waals surface area (Å²) in [5.41, 5.74) is -0.994. The number of nitrogens with one attached hydrogen (secondary N) is 1. The van der Waals surface area contributed by atoms with E-state index in [4.69, 9.17) is 14.3 Å². The van der Waals surface area contributed by atoms with Gasteiger partial charge in [0.2, 0.25) is 5.91 Å². The van der Waals surface area contributed by atoms with Crippen molar-refractivity contribution in [1.82, 2.24) is 14.5 Å². The molecule has 2 atom stereocenters. The number of carbonyl (C=O) groups is 2. The molecule has 0 radical (unpaired) electrons. The maximum Gasteiger partial charge on any atom is 0.335 e. The molecule has 0 aliphatic heterocycles. The number of halogens is 1. The van der Waals surface area contributed by atoms with Gasteiger partial charge in [0.1, 0.15) is 18.2 Å². The first kappa shape index (κ1) is 32.3. The molecule has 1 fully saturated rings. The third-order valence-electron chi connectivity index (χ3n) is 6.89. The number of rotatable bonds is 11. The van der Waals surface area contributed by atoms with E-state index in [1.807, 2.05) is 0 Å². The van der Waals surface area contributed by atoms with Crippen molar-refractivity contribution in [2.24, 2.45) is 17.0 Å². The highest BCUT2D eigenvalue weighted by Gasteiger charge is 2.34. The van der Waals surface area contributed by atoms with Crippen LogP contribution in [0.25, 0.3) is 12.0 Å². The van der Waals surface area contributed by atoms with Crippen molar-refractivity contribution in [1.29, 1.82) is 0 Å². The summed E-state index contributed by atoms with van der Waals surface area (Å²) in [6.07, 6.45) is 4.22. The van der Waals surface area contributed by atoms with E-state index in [1.165, 1.54) is 31.6 Å². The lowest BCUT2D eigenvalue weighted by Crippen LogP contribution is -2.49. The predicted molar refractivity (Wildman–Crippen MR) is 157 cm³/mol. The van der Waals surface area contributed by atoms with E-state index >= 15 is 0 Å². The first-order valence-electron chi connectivity index (χ1n) is 14.0. The molecule has 1 amide bonds. The standard InChI is InChI=1S/C30H39FN4O7/c1-8-41-33-19(6)22-15-34(16-26(42-29(38)18(4)5)21-14-20(31)12-13-25(21)40-7)30(39)35(28(22)37)24-11-9-10-23(24)32-27(36)17(2)3/h12-18,23-24H,8-11H2,1-7H3,(H,32,36)/b26-16-,33-19+. The molecule has 11 nitrogen and oxygen atoms in total. The molecule has 1 aliphatic carbocycles. The van der Waals surface area contributed by atoms with E-state index in [2.05, 4.69) is 10.5 Å². The minimum absolute atomic E-state index is 0.0564. The van der Waals surface area contributed by atoms with Crippen LogP contribution in [0.3, 0.4) is 0 Å². The van der Waals surface area contributed by atoms with Crippen LogP contribution in [0.5, 0.6) is 5.75 Å². The molecule has 1 saturated carbocycles. The average molecular weight is 587 g/mol. The minimum atomic E-state index is -0.739. The van der Waals surface area contributed by atoms with Crippen molar-refractivity contribution in [2.45, 2.75) is 72.9 Å². The SMILES string of the molecule is CCO/N=C(\C)c1cn(/C=C(\OC(=O)C(C)C)c2cc(F)ccc2OC)c(=O)n(C2CCCC2NC(=O)C(C)C)c1=O. The number of methoxy groups -OCH3 is 1. The number of amides is 1. The Labute approximate surface area is 244 Å². The molecule has 12 heteroatoms. The predicted octanol–water partition coefficient (Wildman–Crippen LogP) is 3.94. The fourth-order valence-corrected chi connectivity index (χ4v) is 4.58. The van der Waals surface area contributed by atoms with Crippen molar-refractivity contribution in [3.63, 3.8) is 0 Å². The van der Waals surface area contributed by atoms with Crippen molar-refractivity contribution in [3.8, 4) is 5.75 Å². The second-order valence-electron chi connectivity index (χ2n) is 10.7. The molecule has 0 bridgehead atoms. The molecule has 1 heterocycles. The average Bonchev–Trinajstić information content (AvgIpc) is 3.39. The molecule has 1 aromatic carbocycles. The van der Waals surface area contributed by atoms with Gasteiger partial charge in [0.25, 0.3) is 5.56 Å². The molecular weight excluding hydrogens is 547 g/mol. The van der Waals surface area contributed by atoms with Gasteiger partial charge in [0.05, 0.1) is 42.1 Å². The lowest BCUT2D eigenvalue weighted by Gasteiger charge is -2.24. The largest absolute Gasteiger partial charge is 0.496 e. The van der Waals surface area contributed by atoms with Gasteiger partial charge < -0.3 is 19.6 Å². The summed E-state index contributed by atoms with van der Waals surface area (Å²) in [5, 5.41) is 6.96. The molecule has 0 spiro atoms. The van der Waals surface area contributed by atoms with Gasteiger partial charge in [-0.15, -0.1) is 0 Å². The summed E-state index contributed by atoms with van der Waals surface area (Å²) in [5.74, 6) is -2.24. The number of hydrogen-bond acceptors (Lipinski definition) is 8. The van der Waals surface area contributed by atoms with Crippen LogP contribution in [-0.4, -0.2) is 46.5 Å². The Morgan fingerprint density at radius 2 is 1.86 bits per heavy atom. The van der Waals surface area contributed by atoms with Crippen molar-refractivity contribution in [3.05, 3.63) is 62.2 Å². The minimum Gasteiger partial charge on any atom is -0.496 e. The molecule has 1 aliphatic rings. The lowest BCUT2D eigenvalue weighted by atomic mass is 10.1. The monoisotopic (exact) mass is 586 g/mol. The number of oxime groups is 1. The smallest absolute Gasteiger partial charge is 0.335 e. The molecule has 3 rings (SSSR count). The van der Waals surface area contributed by atoms with Crippen LogP contribution >= 0.6 is 0 Å². The topological polar surface area (TPSA) is 130 Å². The number of hydrogen-bond donors (Lipinski definition) is 1. The number of ether oxygens (including phenoxy) is 2. The molecule has 2 unspecified atom stereocenters. The maximum absolute atomic E-state index is 14.4. The summed E-state index contributed by atoms with van der Waals surface area (Å²) < 4.78 is 27.6. The summed E-state index contributed by atoms with van der Waals surface area (Å²) in [7, 11) is 1.38. The van der Waals surface area contributed by atoms with E-state index in [0.29, 0.717) is 19.3 Å². The van der Waals surface area contributed by atoms with Crippen LogP contribution in [0.4, 0.5) is 4.39 Å². The van der Waals surface area contributed by atoms with Crippen LogP contribution in [0.1, 0.15) is 78.0 Å². The summed E-state index contributed by atoms with van der Waals surface area (Å²) >= 11 is 0. The Balaban J connectivity index is 2.32. The van der Waals surface area contributed by atoms with Crippen LogP contribution in [0.15, 0.2) is 39.1 Å². The first-order valence-corrected chi connectivity index (χ1v) is 14.0. The molecule has 42 heavy (non-hydrogen) atoms. The van der Waals surface area contributed by atoms with Crippen LogP contribution in [0, 0.1) is 17.7 Å². The van der Waals surface area contributed by atoms with Gasteiger partial charge in [-0.25, -0.2) is 9.18 Å². The highest BCUT2D eigenvalue weighted by molar-refractivity contribution is 5.98. The fourth-order valence-electron chi connectivity index (χ4n) is 4.58. The van der Waals surface area contributed by atoms with E-state index in [0.717, 1.165) is 15.2 Å². The summed E-state index contributed by atoms with van der Waals surface area (Å²) in [4.78, 5) is 58.2. The summed E-state index contributed by atoms with van der Waals surface area (Å²) in [6, 6.07) is 2.59. The number of carbonyl (C=O) groups excluding carboxylic acids is 2. The van der Waals surface area contributed by atoms with Gasteiger partial charge in [-0.2, -0.15) is 0 Å². The van der Waals surface area contributed by atoms with Gasteiger partial charge in [0, 0.05) is 18.2 Å². The highest BCUT2D eigenvalue weighted by atomic mass is 19.1. The van der Waals surface area contributed by atoms with Gasteiger partial charge in [0.15, 0.2) is 5.76 Å².